The van der Waals surface area contributed by atoms with E-state index in [4.69, 9.17) is 17.0 Å². The highest BCUT2D eigenvalue weighted by Gasteiger charge is 2.47. The molecule has 0 aromatic carbocycles. The van der Waals surface area contributed by atoms with Crippen LogP contribution in [0.4, 0.5) is 0 Å². The SMILES string of the molecule is CCOC(=S)C1=CC=CC12CC2. The van der Waals surface area contributed by atoms with Gasteiger partial charge in [-0.25, -0.2) is 0 Å². The molecule has 1 fully saturated rings. The summed E-state index contributed by atoms with van der Waals surface area (Å²) < 4.78 is 5.32. The first-order valence-electron chi connectivity index (χ1n) is 4.36. The van der Waals surface area contributed by atoms with Crippen molar-refractivity contribution in [3.8, 4) is 0 Å². The van der Waals surface area contributed by atoms with E-state index in [-0.39, 0.29) is 0 Å². The minimum Gasteiger partial charge on any atom is -0.483 e. The molecule has 0 atom stereocenters. The predicted molar refractivity (Wildman–Crippen MR) is 53.1 cm³/mol. The van der Waals surface area contributed by atoms with Crippen LogP contribution in [-0.4, -0.2) is 11.7 Å². The monoisotopic (exact) mass is 180 g/mol. The summed E-state index contributed by atoms with van der Waals surface area (Å²) in [5.74, 6) is 0. The van der Waals surface area contributed by atoms with Crippen molar-refractivity contribution in [2.45, 2.75) is 19.8 Å². The van der Waals surface area contributed by atoms with Gasteiger partial charge in [0.25, 0.3) is 0 Å². The summed E-state index contributed by atoms with van der Waals surface area (Å²) in [6, 6.07) is 0. The third-order valence-electron chi connectivity index (χ3n) is 2.50. The summed E-state index contributed by atoms with van der Waals surface area (Å²) in [6.07, 6.45) is 8.90. The van der Waals surface area contributed by atoms with Gasteiger partial charge in [0.2, 0.25) is 0 Å². The van der Waals surface area contributed by atoms with Crippen LogP contribution >= 0.6 is 12.2 Å². The van der Waals surface area contributed by atoms with Crippen molar-refractivity contribution in [2.24, 2.45) is 5.41 Å². The van der Waals surface area contributed by atoms with Crippen molar-refractivity contribution in [2.75, 3.05) is 6.61 Å². The average molecular weight is 180 g/mol. The molecule has 64 valence electrons. The minimum atomic E-state index is 0.298. The molecule has 2 aliphatic carbocycles. The van der Waals surface area contributed by atoms with Crippen LogP contribution in [0.5, 0.6) is 0 Å². The van der Waals surface area contributed by atoms with Crippen molar-refractivity contribution in [1.82, 2.24) is 0 Å². The number of thiocarbonyl (C=S) groups is 1. The predicted octanol–water partition coefficient (Wildman–Crippen LogP) is 2.63. The summed E-state index contributed by atoms with van der Waals surface area (Å²) in [5, 5.41) is 0.694. The highest BCUT2D eigenvalue weighted by molar-refractivity contribution is 7.80. The number of allylic oxidation sites excluding steroid dienone is 3. The van der Waals surface area contributed by atoms with Crippen molar-refractivity contribution in [3.05, 3.63) is 23.8 Å². The quantitative estimate of drug-likeness (QED) is 0.604. The molecular formula is C10H12OS. The molecule has 0 aromatic rings. The second kappa shape index (κ2) is 2.70. The van der Waals surface area contributed by atoms with E-state index >= 15 is 0 Å². The number of rotatable bonds is 2. The largest absolute Gasteiger partial charge is 0.483 e. The van der Waals surface area contributed by atoms with Gasteiger partial charge in [-0.15, -0.1) is 0 Å². The zero-order valence-corrected chi connectivity index (χ0v) is 7.99. The minimum absolute atomic E-state index is 0.298. The summed E-state index contributed by atoms with van der Waals surface area (Å²) in [4.78, 5) is 0. The van der Waals surface area contributed by atoms with Crippen LogP contribution in [-0.2, 0) is 4.74 Å². The molecule has 0 aliphatic heterocycles. The Bertz CT molecular complexity index is 272. The van der Waals surface area contributed by atoms with Crippen molar-refractivity contribution in [3.63, 3.8) is 0 Å². The van der Waals surface area contributed by atoms with Gasteiger partial charge in [-0.2, -0.15) is 0 Å². The molecule has 0 amide bonds. The molecule has 12 heavy (non-hydrogen) atoms. The van der Waals surface area contributed by atoms with E-state index in [1.165, 1.54) is 18.4 Å². The average Bonchev–Trinajstić information content (AvgIpc) is 2.63. The van der Waals surface area contributed by atoms with Crippen LogP contribution in [0.25, 0.3) is 0 Å². The Labute approximate surface area is 78.1 Å². The standard InChI is InChI=1S/C10H12OS/c1-2-11-9(12)8-4-3-5-10(8)6-7-10/h3-5H,2,6-7H2,1H3. The van der Waals surface area contributed by atoms with Crippen molar-refractivity contribution in [1.29, 1.82) is 0 Å². The second-order valence-corrected chi connectivity index (χ2v) is 3.69. The Morgan fingerprint density at radius 1 is 1.67 bits per heavy atom. The maximum Gasteiger partial charge on any atom is 0.187 e. The molecule has 0 aromatic heterocycles. The first-order chi connectivity index (χ1) is 5.78. The van der Waals surface area contributed by atoms with Crippen LogP contribution in [0.2, 0.25) is 0 Å². The third-order valence-corrected chi connectivity index (χ3v) is 2.84. The topological polar surface area (TPSA) is 9.23 Å². The van der Waals surface area contributed by atoms with Gasteiger partial charge in [0.15, 0.2) is 5.05 Å². The van der Waals surface area contributed by atoms with E-state index in [9.17, 15) is 0 Å². The first kappa shape index (κ1) is 7.99. The first-order valence-corrected chi connectivity index (χ1v) is 4.76. The van der Waals surface area contributed by atoms with E-state index < -0.39 is 0 Å². The van der Waals surface area contributed by atoms with Gasteiger partial charge in [0.05, 0.1) is 6.61 Å². The molecule has 0 heterocycles. The van der Waals surface area contributed by atoms with E-state index in [1.807, 2.05) is 6.92 Å². The maximum absolute atomic E-state index is 5.32. The normalized spacial score (nSPS) is 22.6. The molecule has 0 N–H and O–H groups in total. The summed E-state index contributed by atoms with van der Waals surface area (Å²) in [5.41, 5.74) is 1.52. The molecule has 1 saturated carbocycles. The fourth-order valence-corrected chi connectivity index (χ4v) is 2.02. The molecule has 1 nitrogen and oxygen atoms in total. The van der Waals surface area contributed by atoms with Crippen molar-refractivity contribution >= 4 is 17.3 Å². The van der Waals surface area contributed by atoms with Gasteiger partial charge in [-0.05, 0) is 32.0 Å². The Balaban J connectivity index is 2.10. The highest BCUT2D eigenvalue weighted by atomic mass is 32.1. The Morgan fingerprint density at radius 3 is 3.00 bits per heavy atom. The second-order valence-electron chi connectivity index (χ2n) is 3.32. The van der Waals surface area contributed by atoms with Gasteiger partial charge < -0.3 is 4.74 Å². The Kier molecular flexibility index (Phi) is 1.80. The molecule has 2 aliphatic rings. The van der Waals surface area contributed by atoms with E-state index in [0.29, 0.717) is 17.1 Å². The molecule has 2 rings (SSSR count). The summed E-state index contributed by atoms with van der Waals surface area (Å²) in [7, 11) is 0. The molecule has 0 radical (unpaired) electrons. The lowest BCUT2D eigenvalue weighted by Crippen LogP contribution is -2.11. The number of ether oxygens (including phenoxy) is 1. The zero-order valence-electron chi connectivity index (χ0n) is 7.17. The lowest BCUT2D eigenvalue weighted by Gasteiger charge is -2.12. The lowest BCUT2D eigenvalue weighted by molar-refractivity contribution is 0.334. The van der Waals surface area contributed by atoms with E-state index in [1.54, 1.807) is 0 Å². The maximum atomic E-state index is 5.32. The fraction of sp³-hybridized carbons (Fsp3) is 0.500. The smallest absolute Gasteiger partial charge is 0.187 e. The number of hydrogen-bond acceptors (Lipinski definition) is 2. The lowest BCUT2D eigenvalue weighted by atomic mass is 10.0. The van der Waals surface area contributed by atoms with Gasteiger partial charge in [-0.3, -0.25) is 0 Å². The van der Waals surface area contributed by atoms with Crippen LogP contribution in [0, 0.1) is 5.41 Å². The Morgan fingerprint density at radius 2 is 2.42 bits per heavy atom. The molecule has 0 saturated heterocycles. The molecule has 2 heteroatoms. The van der Waals surface area contributed by atoms with E-state index in [0.717, 1.165) is 0 Å². The summed E-state index contributed by atoms with van der Waals surface area (Å²) >= 11 is 5.17. The van der Waals surface area contributed by atoms with Gasteiger partial charge >= 0.3 is 0 Å². The highest BCUT2D eigenvalue weighted by Crippen LogP contribution is 2.55. The number of hydrogen-bond donors (Lipinski definition) is 0. The van der Waals surface area contributed by atoms with Crippen LogP contribution in [0.3, 0.4) is 0 Å². The van der Waals surface area contributed by atoms with Crippen LogP contribution < -0.4 is 0 Å². The van der Waals surface area contributed by atoms with Crippen molar-refractivity contribution < 1.29 is 4.74 Å². The van der Waals surface area contributed by atoms with E-state index in [2.05, 4.69) is 18.2 Å². The van der Waals surface area contributed by atoms with Gasteiger partial charge in [0.1, 0.15) is 0 Å². The molecule has 1 spiro atoms. The van der Waals surface area contributed by atoms with Gasteiger partial charge in [-0.1, -0.05) is 18.2 Å². The van der Waals surface area contributed by atoms with Crippen LogP contribution in [0.15, 0.2) is 23.8 Å². The van der Waals surface area contributed by atoms with Gasteiger partial charge in [0, 0.05) is 11.0 Å². The Hall–Kier alpha value is -0.630. The molecular weight excluding hydrogens is 168 g/mol. The van der Waals surface area contributed by atoms with Crippen LogP contribution in [0.1, 0.15) is 19.8 Å². The molecule has 0 bridgehead atoms. The fourth-order valence-electron chi connectivity index (χ4n) is 1.64. The summed E-state index contributed by atoms with van der Waals surface area (Å²) in [6.45, 7) is 2.64. The third kappa shape index (κ3) is 1.11. The zero-order chi connectivity index (χ0) is 8.60. The molecule has 0 unspecified atom stereocenters.